The molecule has 1 heterocycles. The lowest BCUT2D eigenvalue weighted by atomic mass is 10.1. The summed E-state index contributed by atoms with van der Waals surface area (Å²) in [5, 5.41) is 3.02. The highest BCUT2D eigenvalue weighted by atomic mass is 16.5. The predicted octanol–water partition coefficient (Wildman–Crippen LogP) is 1.45. The summed E-state index contributed by atoms with van der Waals surface area (Å²) < 4.78 is 5.25. The molecule has 0 bridgehead atoms. The van der Waals surface area contributed by atoms with Crippen molar-refractivity contribution in [3.63, 3.8) is 0 Å². The number of rotatable bonds is 5. The number of carbonyl (C=O) groups excluding carboxylic acids is 1. The Morgan fingerprint density at radius 1 is 1.47 bits per heavy atom. The van der Waals surface area contributed by atoms with Gasteiger partial charge in [-0.25, -0.2) is 0 Å². The van der Waals surface area contributed by atoms with Crippen molar-refractivity contribution in [2.24, 2.45) is 0 Å². The van der Waals surface area contributed by atoms with Crippen LogP contribution in [0.15, 0.2) is 24.3 Å². The molecule has 19 heavy (non-hydrogen) atoms. The molecule has 1 amide bonds. The maximum Gasteiger partial charge on any atom is 0.224 e. The maximum absolute atomic E-state index is 12.0. The van der Waals surface area contributed by atoms with Gasteiger partial charge in [0.05, 0.1) is 13.5 Å². The zero-order valence-electron chi connectivity index (χ0n) is 11.7. The lowest BCUT2D eigenvalue weighted by Gasteiger charge is -2.19. The van der Waals surface area contributed by atoms with Crippen LogP contribution in [-0.4, -0.2) is 44.1 Å². The van der Waals surface area contributed by atoms with E-state index in [1.807, 2.05) is 24.3 Å². The van der Waals surface area contributed by atoms with Gasteiger partial charge in [0, 0.05) is 18.2 Å². The summed E-state index contributed by atoms with van der Waals surface area (Å²) in [7, 11) is 3.74. The van der Waals surface area contributed by atoms with Crippen LogP contribution in [0.25, 0.3) is 0 Å². The first-order valence-corrected chi connectivity index (χ1v) is 6.79. The van der Waals surface area contributed by atoms with Gasteiger partial charge >= 0.3 is 0 Å². The van der Waals surface area contributed by atoms with E-state index in [0.29, 0.717) is 12.5 Å². The third-order valence-corrected chi connectivity index (χ3v) is 3.75. The summed E-state index contributed by atoms with van der Waals surface area (Å²) in [5.74, 6) is 0.834. The molecule has 0 unspecified atom stereocenters. The van der Waals surface area contributed by atoms with Crippen LogP contribution < -0.4 is 10.1 Å². The molecule has 1 N–H and O–H groups in total. The number of methoxy groups -OCH3 is 1. The van der Waals surface area contributed by atoms with E-state index in [1.54, 1.807) is 7.11 Å². The van der Waals surface area contributed by atoms with E-state index in [0.717, 1.165) is 24.4 Å². The minimum absolute atomic E-state index is 0.0600. The van der Waals surface area contributed by atoms with E-state index in [1.165, 1.54) is 12.8 Å². The zero-order chi connectivity index (χ0) is 13.7. The van der Waals surface area contributed by atoms with Crippen LogP contribution in [-0.2, 0) is 11.2 Å². The first-order chi connectivity index (χ1) is 9.20. The first kappa shape index (κ1) is 13.9. The molecule has 4 nitrogen and oxygen atoms in total. The number of carbonyl (C=O) groups is 1. The summed E-state index contributed by atoms with van der Waals surface area (Å²) in [6, 6.07) is 8.14. The highest BCUT2D eigenvalue weighted by molar-refractivity contribution is 5.79. The van der Waals surface area contributed by atoms with Crippen molar-refractivity contribution >= 4 is 5.91 Å². The molecule has 1 aromatic carbocycles. The molecule has 1 atom stereocenters. The molecule has 0 spiro atoms. The molecule has 0 radical (unpaired) electrons. The number of nitrogens with zero attached hydrogens (tertiary/aromatic N) is 1. The second kappa shape index (κ2) is 6.57. The SMILES string of the molecule is COc1ccccc1CC(=O)NC[C@@H]1CCCN1C. The van der Waals surface area contributed by atoms with Crippen molar-refractivity contribution in [1.29, 1.82) is 0 Å². The fourth-order valence-electron chi connectivity index (χ4n) is 2.55. The van der Waals surface area contributed by atoms with Gasteiger partial charge in [-0.2, -0.15) is 0 Å². The average molecular weight is 262 g/mol. The van der Waals surface area contributed by atoms with Gasteiger partial charge in [-0.15, -0.1) is 0 Å². The number of benzene rings is 1. The Labute approximate surface area is 114 Å². The number of nitrogens with one attached hydrogen (secondary N) is 1. The van der Waals surface area contributed by atoms with Gasteiger partial charge in [-0.1, -0.05) is 18.2 Å². The summed E-state index contributed by atoms with van der Waals surface area (Å²) in [6.07, 6.45) is 2.77. The zero-order valence-corrected chi connectivity index (χ0v) is 11.7. The molecule has 1 fully saturated rings. The second-order valence-electron chi connectivity index (χ2n) is 5.07. The van der Waals surface area contributed by atoms with Gasteiger partial charge in [0.2, 0.25) is 5.91 Å². The molecule has 2 rings (SSSR count). The average Bonchev–Trinajstić information content (AvgIpc) is 2.82. The molecule has 0 saturated carbocycles. The Bertz CT molecular complexity index is 434. The summed E-state index contributed by atoms with van der Waals surface area (Å²) in [5.41, 5.74) is 0.933. The van der Waals surface area contributed by atoms with Crippen LogP contribution in [0, 0.1) is 0 Å². The topological polar surface area (TPSA) is 41.6 Å². The summed E-state index contributed by atoms with van der Waals surface area (Å²) in [6.45, 7) is 1.87. The highest BCUT2D eigenvalue weighted by Crippen LogP contribution is 2.18. The Balaban J connectivity index is 1.84. The minimum atomic E-state index is 0.0600. The molecule has 104 valence electrons. The standard InChI is InChI=1S/C15H22N2O2/c1-17-9-5-7-13(17)11-16-15(18)10-12-6-3-4-8-14(12)19-2/h3-4,6,8,13H,5,7,9-11H2,1-2H3,(H,16,18)/t13-/m0/s1. The van der Waals surface area contributed by atoms with Crippen molar-refractivity contribution in [1.82, 2.24) is 10.2 Å². The largest absolute Gasteiger partial charge is 0.496 e. The smallest absolute Gasteiger partial charge is 0.224 e. The predicted molar refractivity (Wildman–Crippen MR) is 75.4 cm³/mol. The number of likely N-dealkylation sites (N-methyl/N-ethyl adjacent to an activating group) is 1. The maximum atomic E-state index is 12.0. The number of hydrogen-bond donors (Lipinski definition) is 1. The van der Waals surface area contributed by atoms with E-state index in [-0.39, 0.29) is 5.91 Å². The van der Waals surface area contributed by atoms with Crippen LogP contribution in [0.3, 0.4) is 0 Å². The third kappa shape index (κ3) is 3.70. The second-order valence-corrected chi connectivity index (χ2v) is 5.07. The third-order valence-electron chi connectivity index (χ3n) is 3.75. The quantitative estimate of drug-likeness (QED) is 0.873. The van der Waals surface area contributed by atoms with Gasteiger partial charge < -0.3 is 15.0 Å². The Hall–Kier alpha value is -1.55. The van der Waals surface area contributed by atoms with Gasteiger partial charge in [0.15, 0.2) is 0 Å². The molecule has 1 saturated heterocycles. The normalized spacial score (nSPS) is 19.4. The van der Waals surface area contributed by atoms with Crippen molar-refractivity contribution in [3.05, 3.63) is 29.8 Å². The number of ether oxygens (including phenoxy) is 1. The number of amides is 1. The highest BCUT2D eigenvalue weighted by Gasteiger charge is 2.21. The fourth-order valence-corrected chi connectivity index (χ4v) is 2.55. The number of hydrogen-bond acceptors (Lipinski definition) is 3. The van der Waals surface area contributed by atoms with Gasteiger partial charge in [-0.3, -0.25) is 4.79 Å². The van der Waals surface area contributed by atoms with E-state index < -0.39 is 0 Å². The summed E-state index contributed by atoms with van der Waals surface area (Å²) >= 11 is 0. The van der Waals surface area contributed by atoms with Crippen molar-refractivity contribution < 1.29 is 9.53 Å². The van der Waals surface area contributed by atoms with Crippen LogP contribution in [0.2, 0.25) is 0 Å². The van der Waals surface area contributed by atoms with E-state index in [9.17, 15) is 4.79 Å². The Kier molecular flexibility index (Phi) is 4.80. The van der Waals surface area contributed by atoms with Gasteiger partial charge in [-0.05, 0) is 32.5 Å². The summed E-state index contributed by atoms with van der Waals surface area (Å²) in [4.78, 5) is 14.3. The van der Waals surface area contributed by atoms with E-state index in [4.69, 9.17) is 4.74 Å². The lowest BCUT2D eigenvalue weighted by molar-refractivity contribution is -0.120. The van der Waals surface area contributed by atoms with Gasteiger partial charge in [0.1, 0.15) is 5.75 Å². The van der Waals surface area contributed by atoms with Crippen molar-refractivity contribution in [3.8, 4) is 5.75 Å². The molecular weight excluding hydrogens is 240 g/mol. The van der Waals surface area contributed by atoms with Crippen LogP contribution >= 0.6 is 0 Å². The molecule has 1 aromatic rings. The monoisotopic (exact) mass is 262 g/mol. The van der Waals surface area contributed by atoms with Gasteiger partial charge in [0.25, 0.3) is 0 Å². The van der Waals surface area contributed by atoms with Crippen molar-refractivity contribution in [2.45, 2.75) is 25.3 Å². The Morgan fingerprint density at radius 3 is 2.95 bits per heavy atom. The lowest BCUT2D eigenvalue weighted by Crippen LogP contribution is -2.38. The molecule has 0 aliphatic carbocycles. The van der Waals surface area contributed by atoms with Crippen LogP contribution in [0.1, 0.15) is 18.4 Å². The number of para-hydroxylation sites is 1. The molecule has 4 heteroatoms. The van der Waals surface area contributed by atoms with Crippen LogP contribution in [0.4, 0.5) is 0 Å². The van der Waals surface area contributed by atoms with E-state index >= 15 is 0 Å². The molecule has 0 aromatic heterocycles. The number of likely N-dealkylation sites (tertiary alicyclic amines) is 1. The molecule has 1 aliphatic rings. The minimum Gasteiger partial charge on any atom is -0.496 e. The Morgan fingerprint density at radius 2 is 2.26 bits per heavy atom. The molecule has 1 aliphatic heterocycles. The van der Waals surface area contributed by atoms with Crippen LogP contribution in [0.5, 0.6) is 5.75 Å². The van der Waals surface area contributed by atoms with Crippen molar-refractivity contribution in [2.75, 3.05) is 27.2 Å². The fraction of sp³-hybridized carbons (Fsp3) is 0.533. The molecular formula is C15H22N2O2. The first-order valence-electron chi connectivity index (χ1n) is 6.79. The van der Waals surface area contributed by atoms with E-state index in [2.05, 4.69) is 17.3 Å².